The zero-order valence-electron chi connectivity index (χ0n) is 13.2. The van der Waals surface area contributed by atoms with Gasteiger partial charge in [-0.2, -0.15) is 4.98 Å². The molecule has 1 aromatic heterocycles. The Labute approximate surface area is 139 Å². The van der Waals surface area contributed by atoms with Gasteiger partial charge in [0.25, 0.3) is 0 Å². The third-order valence-corrected chi connectivity index (χ3v) is 3.44. The number of anilines is 1. The smallest absolute Gasteiger partial charge is 0.227 e. The summed E-state index contributed by atoms with van der Waals surface area (Å²) < 4.78 is 10.5. The molecule has 0 aliphatic heterocycles. The van der Waals surface area contributed by atoms with Crippen molar-refractivity contribution in [3.05, 3.63) is 60.5 Å². The molecule has 0 aliphatic rings. The molecule has 0 aliphatic carbocycles. The number of aromatic nitrogens is 2. The number of nitrogens with one attached hydrogen (secondary N) is 1. The summed E-state index contributed by atoms with van der Waals surface area (Å²) in [4.78, 5) is 16.3. The van der Waals surface area contributed by atoms with Crippen LogP contribution in [-0.4, -0.2) is 23.2 Å². The van der Waals surface area contributed by atoms with Gasteiger partial charge in [0, 0.05) is 18.5 Å². The van der Waals surface area contributed by atoms with Gasteiger partial charge in [-0.1, -0.05) is 35.5 Å². The number of amides is 1. The minimum Gasteiger partial charge on any atom is -0.496 e. The summed E-state index contributed by atoms with van der Waals surface area (Å²) in [5, 5.41) is 6.78. The molecule has 1 amide bonds. The van der Waals surface area contributed by atoms with Crippen LogP contribution in [0.1, 0.15) is 12.3 Å². The Morgan fingerprint density at radius 3 is 2.67 bits per heavy atom. The van der Waals surface area contributed by atoms with E-state index >= 15 is 0 Å². The molecule has 0 saturated carbocycles. The first-order valence-corrected chi connectivity index (χ1v) is 7.57. The van der Waals surface area contributed by atoms with Crippen LogP contribution in [0, 0.1) is 0 Å². The van der Waals surface area contributed by atoms with Gasteiger partial charge in [0.2, 0.25) is 17.6 Å². The van der Waals surface area contributed by atoms with Gasteiger partial charge in [-0.3, -0.25) is 4.79 Å². The fourth-order valence-corrected chi connectivity index (χ4v) is 2.26. The fourth-order valence-electron chi connectivity index (χ4n) is 2.26. The number of carbonyl (C=O) groups is 1. The van der Waals surface area contributed by atoms with Crippen molar-refractivity contribution >= 4 is 11.6 Å². The third-order valence-electron chi connectivity index (χ3n) is 3.44. The Kier molecular flexibility index (Phi) is 4.86. The molecule has 0 spiro atoms. The maximum atomic E-state index is 11.9. The number of benzene rings is 2. The zero-order chi connectivity index (χ0) is 16.8. The Morgan fingerprint density at radius 2 is 1.88 bits per heavy atom. The zero-order valence-corrected chi connectivity index (χ0v) is 13.2. The number of nitrogens with zero attached hydrogens (tertiary/aromatic N) is 2. The molecule has 1 N–H and O–H groups in total. The molecule has 0 radical (unpaired) electrons. The number of hydrogen-bond acceptors (Lipinski definition) is 5. The van der Waals surface area contributed by atoms with Gasteiger partial charge in [-0.05, 0) is 24.3 Å². The van der Waals surface area contributed by atoms with Crippen LogP contribution in [0.15, 0.2) is 59.1 Å². The number of para-hydroxylation sites is 2. The molecule has 24 heavy (non-hydrogen) atoms. The van der Waals surface area contributed by atoms with Crippen LogP contribution in [0.3, 0.4) is 0 Å². The van der Waals surface area contributed by atoms with Crippen LogP contribution in [0.4, 0.5) is 5.69 Å². The molecule has 3 aromatic rings. The topological polar surface area (TPSA) is 77.2 Å². The number of carbonyl (C=O) groups excluding carboxylic acids is 1. The monoisotopic (exact) mass is 323 g/mol. The van der Waals surface area contributed by atoms with Crippen LogP contribution in [0.5, 0.6) is 5.75 Å². The van der Waals surface area contributed by atoms with Crippen LogP contribution < -0.4 is 10.1 Å². The first kappa shape index (κ1) is 15.7. The highest BCUT2D eigenvalue weighted by atomic mass is 16.5. The van der Waals surface area contributed by atoms with Crippen molar-refractivity contribution in [2.75, 3.05) is 12.4 Å². The summed E-state index contributed by atoms with van der Waals surface area (Å²) in [6.45, 7) is 0. The summed E-state index contributed by atoms with van der Waals surface area (Å²) in [6.07, 6.45) is 0.642. The molecular formula is C18H17N3O3. The van der Waals surface area contributed by atoms with Crippen molar-refractivity contribution in [2.24, 2.45) is 0 Å². The molecular weight excluding hydrogens is 306 g/mol. The molecule has 0 fully saturated rings. The van der Waals surface area contributed by atoms with E-state index in [9.17, 15) is 4.79 Å². The first-order valence-electron chi connectivity index (χ1n) is 7.57. The van der Waals surface area contributed by atoms with E-state index in [0.29, 0.717) is 23.9 Å². The van der Waals surface area contributed by atoms with E-state index in [4.69, 9.17) is 9.26 Å². The molecule has 2 aromatic carbocycles. The lowest BCUT2D eigenvalue weighted by molar-refractivity contribution is -0.116. The summed E-state index contributed by atoms with van der Waals surface area (Å²) in [6, 6.07) is 16.7. The van der Waals surface area contributed by atoms with Crippen molar-refractivity contribution in [1.29, 1.82) is 0 Å². The van der Waals surface area contributed by atoms with Crippen molar-refractivity contribution in [3.8, 4) is 17.1 Å². The lowest BCUT2D eigenvalue weighted by Crippen LogP contribution is -2.12. The van der Waals surface area contributed by atoms with Gasteiger partial charge >= 0.3 is 0 Å². The van der Waals surface area contributed by atoms with Gasteiger partial charge in [-0.25, -0.2) is 0 Å². The van der Waals surface area contributed by atoms with Gasteiger partial charge in [0.05, 0.1) is 12.7 Å². The van der Waals surface area contributed by atoms with Gasteiger partial charge < -0.3 is 14.6 Å². The predicted octanol–water partition coefficient (Wildman–Crippen LogP) is 3.32. The largest absolute Gasteiger partial charge is 0.496 e. The third kappa shape index (κ3) is 3.78. The van der Waals surface area contributed by atoms with E-state index in [0.717, 1.165) is 11.3 Å². The molecule has 122 valence electrons. The number of aryl methyl sites for hydroxylation is 1. The van der Waals surface area contributed by atoms with E-state index < -0.39 is 0 Å². The lowest BCUT2D eigenvalue weighted by atomic mass is 10.2. The molecule has 0 unspecified atom stereocenters. The summed E-state index contributed by atoms with van der Waals surface area (Å²) in [5.74, 6) is 1.44. The second kappa shape index (κ2) is 7.41. The van der Waals surface area contributed by atoms with E-state index in [1.165, 1.54) is 0 Å². The SMILES string of the molecule is COc1ccccc1-c1noc(CCC(=O)Nc2ccccc2)n1. The molecule has 0 saturated heterocycles. The highest BCUT2D eigenvalue weighted by molar-refractivity contribution is 5.90. The highest BCUT2D eigenvalue weighted by Crippen LogP contribution is 2.27. The Balaban J connectivity index is 1.61. The van der Waals surface area contributed by atoms with E-state index in [1.54, 1.807) is 7.11 Å². The van der Waals surface area contributed by atoms with Crippen LogP contribution in [-0.2, 0) is 11.2 Å². The van der Waals surface area contributed by atoms with Gasteiger partial charge in [0.15, 0.2) is 0 Å². The minimum atomic E-state index is -0.0989. The van der Waals surface area contributed by atoms with Crippen molar-refractivity contribution in [1.82, 2.24) is 10.1 Å². The van der Waals surface area contributed by atoms with Crippen LogP contribution in [0.2, 0.25) is 0 Å². The maximum absolute atomic E-state index is 11.9. The summed E-state index contributed by atoms with van der Waals surface area (Å²) >= 11 is 0. The Bertz CT molecular complexity index is 815. The van der Waals surface area contributed by atoms with Crippen LogP contribution in [0.25, 0.3) is 11.4 Å². The Morgan fingerprint density at radius 1 is 1.12 bits per heavy atom. The molecule has 3 rings (SSSR count). The summed E-state index contributed by atoms with van der Waals surface area (Å²) in [7, 11) is 1.59. The fraction of sp³-hybridized carbons (Fsp3) is 0.167. The Hall–Kier alpha value is -3.15. The van der Waals surface area contributed by atoms with Gasteiger partial charge in [0.1, 0.15) is 5.75 Å². The molecule has 0 atom stereocenters. The standard InChI is InChI=1S/C18H17N3O3/c1-23-15-10-6-5-9-14(15)18-20-17(24-21-18)12-11-16(22)19-13-7-3-2-4-8-13/h2-10H,11-12H2,1H3,(H,19,22). The predicted molar refractivity (Wildman–Crippen MR) is 89.7 cm³/mol. The minimum absolute atomic E-state index is 0.0989. The number of hydrogen-bond donors (Lipinski definition) is 1. The number of rotatable bonds is 6. The normalized spacial score (nSPS) is 10.4. The van der Waals surface area contributed by atoms with Gasteiger partial charge in [-0.15, -0.1) is 0 Å². The second-order valence-electron chi connectivity index (χ2n) is 5.13. The van der Waals surface area contributed by atoms with Crippen molar-refractivity contribution in [3.63, 3.8) is 0 Å². The first-order chi connectivity index (χ1) is 11.8. The lowest BCUT2D eigenvalue weighted by Gasteiger charge is -2.03. The van der Waals surface area contributed by atoms with E-state index in [2.05, 4.69) is 15.5 Å². The quantitative estimate of drug-likeness (QED) is 0.753. The summed E-state index contributed by atoms with van der Waals surface area (Å²) in [5.41, 5.74) is 1.52. The van der Waals surface area contributed by atoms with E-state index in [1.807, 2.05) is 54.6 Å². The number of methoxy groups -OCH3 is 1. The average molecular weight is 323 g/mol. The molecule has 0 bridgehead atoms. The highest BCUT2D eigenvalue weighted by Gasteiger charge is 2.13. The molecule has 6 heteroatoms. The number of ether oxygens (including phenoxy) is 1. The van der Waals surface area contributed by atoms with E-state index in [-0.39, 0.29) is 12.3 Å². The van der Waals surface area contributed by atoms with Crippen molar-refractivity contribution < 1.29 is 14.1 Å². The van der Waals surface area contributed by atoms with Crippen LogP contribution >= 0.6 is 0 Å². The molecule has 1 heterocycles. The van der Waals surface area contributed by atoms with Crippen molar-refractivity contribution in [2.45, 2.75) is 12.8 Å². The second-order valence-corrected chi connectivity index (χ2v) is 5.13. The molecule has 6 nitrogen and oxygen atoms in total. The average Bonchev–Trinajstić information content (AvgIpc) is 3.09. The maximum Gasteiger partial charge on any atom is 0.227 e.